The van der Waals surface area contributed by atoms with Crippen LogP contribution in [-0.2, 0) is 10.5 Å². The Labute approximate surface area is 107 Å². The number of hydrogen-bond donors (Lipinski definition) is 1. The molecule has 1 rings (SSSR count). The molecule has 0 fully saturated rings. The Morgan fingerprint density at radius 2 is 2.00 bits per heavy atom. The first-order valence-corrected chi connectivity index (χ1v) is 6.62. The zero-order chi connectivity index (χ0) is 12.7. The van der Waals surface area contributed by atoms with Gasteiger partial charge in [0.05, 0.1) is 12.3 Å². The van der Waals surface area contributed by atoms with Crippen molar-refractivity contribution < 1.29 is 4.79 Å². The average molecular weight is 247 g/mol. The monoisotopic (exact) mass is 247 g/mol. The third-order valence-electron chi connectivity index (χ3n) is 2.17. The van der Waals surface area contributed by atoms with Gasteiger partial charge in [-0.05, 0) is 19.4 Å². The molecule has 1 aromatic rings. The zero-order valence-electron chi connectivity index (χ0n) is 10.2. The molecule has 0 bridgehead atoms. The molecule has 2 nitrogen and oxygen atoms in total. The molecule has 0 aliphatic rings. The minimum atomic E-state index is -0.00248. The SMILES string of the molecule is C#CCNC(=O)CSCc1cc(C)cc(C)c1. The van der Waals surface area contributed by atoms with Gasteiger partial charge in [-0.1, -0.05) is 35.2 Å². The lowest BCUT2D eigenvalue weighted by molar-refractivity contribution is -0.118. The zero-order valence-corrected chi connectivity index (χ0v) is 11.1. The maximum atomic E-state index is 11.3. The molecule has 0 aliphatic carbocycles. The van der Waals surface area contributed by atoms with Gasteiger partial charge in [-0.3, -0.25) is 4.79 Å². The summed E-state index contributed by atoms with van der Waals surface area (Å²) in [6, 6.07) is 6.45. The topological polar surface area (TPSA) is 29.1 Å². The number of amides is 1. The summed E-state index contributed by atoms with van der Waals surface area (Å²) in [5.41, 5.74) is 3.78. The van der Waals surface area contributed by atoms with Crippen LogP contribution in [0.1, 0.15) is 16.7 Å². The lowest BCUT2D eigenvalue weighted by Crippen LogP contribution is -2.25. The molecule has 1 amide bonds. The van der Waals surface area contributed by atoms with E-state index in [-0.39, 0.29) is 5.91 Å². The highest BCUT2D eigenvalue weighted by Crippen LogP contribution is 2.15. The van der Waals surface area contributed by atoms with Crippen LogP contribution >= 0.6 is 11.8 Å². The Morgan fingerprint density at radius 3 is 2.59 bits per heavy atom. The van der Waals surface area contributed by atoms with Crippen LogP contribution in [0, 0.1) is 26.2 Å². The number of carbonyl (C=O) groups is 1. The predicted molar refractivity (Wildman–Crippen MR) is 73.9 cm³/mol. The van der Waals surface area contributed by atoms with Crippen molar-refractivity contribution in [2.75, 3.05) is 12.3 Å². The van der Waals surface area contributed by atoms with Crippen LogP contribution in [0.25, 0.3) is 0 Å². The maximum Gasteiger partial charge on any atom is 0.230 e. The van der Waals surface area contributed by atoms with E-state index in [2.05, 4.69) is 43.3 Å². The molecule has 0 aromatic heterocycles. The first-order valence-electron chi connectivity index (χ1n) is 5.47. The summed E-state index contributed by atoms with van der Waals surface area (Å²) in [7, 11) is 0. The van der Waals surface area contributed by atoms with E-state index in [1.165, 1.54) is 16.7 Å². The summed E-state index contributed by atoms with van der Waals surface area (Å²) >= 11 is 1.60. The molecule has 90 valence electrons. The molecule has 1 N–H and O–H groups in total. The van der Waals surface area contributed by atoms with E-state index in [0.29, 0.717) is 12.3 Å². The molecule has 0 aliphatic heterocycles. The van der Waals surface area contributed by atoms with Crippen molar-refractivity contribution in [3.63, 3.8) is 0 Å². The van der Waals surface area contributed by atoms with Gasteiger partial charge < -0.3 is 5.32 Å². The average Bonchev–Trinajstić information content (AvgIpc) is 2.25. The first-order chi connectivity index (χ1) is 8.11. The van der Waals surface area contributed by atoms with Crippen molar-refractivity contribution >= 4 is 17.7 Å². The fourth-order valence-electron chi connectivity index (χ4n) is 1.61. The summed E-state index contributed by atoms with van der Waals surface area (Å²) in [5.74, 6) is 3.68. The Balaban J connectivity index is 2.36. The molecule has 0 radical (unpaired) electrons. The summed E-state index contributed by atoms with van der Waals surface area (Å²) in [6.07, 6.45) is 5.06. The Morgan fingerprint density at radius 1 is 1.35 bits per heavy atom. The summed E-state index contributed by atoms with van der Waals surface area (Å²) in [6.45, 7) is 4.48. The van der Waals surface area contributed by atoms with Crippen molar-refractivity contribution in [3.8, 4) is 12.3 Å². The number of hydrogen-bond acceptors (Lipinski definition) is 2. The predicted octanol–water partition coefficient (Wildman–Crippen LogP) is 2.29. The Hall–Kier alpha value is -1.40. The first kappa shape index (κ1) is 13.7. The van der Waals surface area contributed by atoms with Gasteiger partial charge in [-0.2, -0.15) is 0 Å². The molecule has 0 unspecified atom stereocenters. The molecule has 0 saturated carbocycles. The number of terminal acetylenes is 1. The van der Waals surface area contributed by atoms with E-state index < -0.39 is 0 Å². The van der Waals surface area contributed by atoms with Gasteiger partial charge in [0.2, 0.25) is 5.91 Å². The fourth-order valence-corrected chi connectivity index (χ4v) is 2.41. The highest BCUT2D eigenvalue weighted by Gasteiger charge is 2.01. The van der Waals surface area contributed by atoms with Gasteiger partial charge in [0.1, 0.15) is 0 Å². The highest BCUT2D eigenvalue weighted by molar-refractivity contribution is 7.99. The van der Waals surface area contributed by atoms with Crippen LogP contribution in [0.3, 0.4) is 0 Å². The lowest BCUT2D eigenvalue weighted by Gasteiger charge is -2.05. The van der Waals surface area contributed by atoms with E-state index in [0.717, 1.165) is 5.75 Å². The largest absolute Gasteiger partial charge is 0.344 e. The number of thioether (sulfide) groups is 1. The number of aryl methyl sites for hydroxylation is 2. The van der Waals surface area contributed by atoms with Crippen molar-refractivity contribution in [2.45, 2.75) is 19.6 Å². The van der Waals surface area contributed by atoms with Crippen LogP contribution < -0.4 is 5.32 Å². The van der Waals surface area contributed by atoms with E-state index in [1.54, 1.807) is 11.8 Å². The Bertz CT molecular complexity index is 414. The van der Waals surface area contributed by atoms with Crippen LogP contribution in [-0.4, -0.2) is 18.2 Å². The van der Waals surface area contributed by atoms with E-state index >= 15 is 0 Å². The van der Waals surface area contributed by atoms with Crippen molar-refractivity contribution in [3.05, 3.63) is 34.9 Å². The van der Waals surface area contributed by atoms with Gasteiger partial charge in [0.25, 0.3) is 0 Å². The third kappa shape index (κ3) is 5.46. The van der Waals surface area contributed by atoms with Crippen LogP contribution in [0.4, 0.5) is 0 Å². The maximum absolute atomic E-state index is 11.3. The number of carbonyl (C=O) groups excluding carboxylic acids is 1. The van der Waals surface area contributed by atoms with Gasteiger partial charge in [-0.15, -0.1) is 18.2 Å². The molecular formula is C14H17NOS. The third-order valence-corrected chi connectivity index (χ3v) is 3.17. The number of nitrogens with one attached hydrogen (secondary N) is 1. The molecule has 0 atom stereocenters. The van der Waals surface area contributed by atoms with Crippen LogP contribution in [0.15, 0.2) is 18.2 Å². The quantitative estimate of drug-likeness (QED) is 0.809. The summed E-state index contributed by atoms with van der Waals surface area (Å²) in [5, 5.41) is 2.65. The molecule has 0 saturated heterocycles. The van der Waals surface area contributed by atoms with Crippen LogP contribution in [0.2, 0.25) is 0 Å². The molecule has 0 spiro atoms. The summed E-state index contributed by atoms with van der Waals surface area (Å²) < 4.78 is 0. The van der Waals surface area contributed by atoms with E-state index in [4.69, 9.17) is 6.42 Å². The minimum absolute atomic E-state index is 0.00248. The van der Waals surface area contributed by atoms with E-state index in [9.17, 15) is 4.79 Å². The van der Waals surface area contributed by atoms with Gasteiger partial charge >= 0.3 is 0 Å². The standard InChI is InChI=1S/C14H17NOS/c1-4-5-15-14(16)10-17-9-13-7-11(2)6-12(3)8-13/h1,6-8H,5,9-10H2,2-3H3,(H,15,16). The second kappa shape index (κ2) is 7.03. The normalized spacial score (nSPS) is 9.71. The number of benzene rings is 1. The van der Waals surface area contributed by atoms with Gasteiger partial charge in [-0.25, -0.2) is 0 Å². The second-order valence-electron chi connectivity index (χ2n) is 3.97. The molecule has 17 heavy (non-hydrogen) atoms. The van der Waals surface area contributed by atoms with Crippen molar-refractivity contribution in [2.24, 2.45) is 0 Å². The molecule has 0 heterocycles. The van der Waals surface area contributed by atoms with Crippen molar-refractivity contribution in [1.82, 2.24) is 5.32 Å². The highest BCUT2D eigenvalue weighted by atomic mass is 32.2. The van der Waals surface area contributed by atoms with Crippen LogP contribution in [0.5, 0.6) is 0 Å². The molecule has 3 heteroatoms. The molecular weight excluding hydrogens is 230 g/mol. The molecule has 1 aromatic carbocycles. The lowest BCUT2D eigenvalue weighted by atomic mass is 10.1. The van der Waals surface area contributed by atoms with Crippen molar-refractivity contribution in [1.29, 1.82) is 0 Å². The fraction of sp³-hybridized carbons (Fsp3) is 0.357. The Kier molecular flexibility index (Phi) is 5.65. The van der Waals surface area contributed by atoms with E-state index in [1.807, 2.05) is 0 Å². The summed E-state index contributed by atoms with van der Waals surface area (Å²) in [4.78, 5) is 11.3. The second-order valence-corrected chi connectivity index (χ2v) is 4.96. The number of rotatable bonds is 5. The van der Waals surface area contributed by atoms with Gasteiger partial charge in [0, 0.05) is 5.75 Å². The smallest absolute Gasteiger partial charge is 0.230 e. The minimum Gasteiger partial charge on any atom is -0.344 e. The van der Waals surface area contributed by atoms with Gasteiger partial charge in [0.15, 0.2) is 0 Å².